The van der Waals surface area contributed by atoms with Crippen LogP contribution in [0.1, 0.15) is 66.7 Å². The Morgan fingerprint density at radius 2 is 1.40 bits per heavy atom. The molecule has 0 rings (SSSR count). The molecule has 1 heteroatoms. The highest BCUT2D eigenvalue weighted by Crippen LogP contribution is 2.25. The summed E-state index contributed by atoms with van der Waals surface area (Å²) in [5.74, 6) is 1.91. The lowest BCUT2D eigenvalue weighted by Crippen LogP contribution is -2.24. The van der Waals surface area contributed by atoms with E-state index in [4.69, 9.17) is 0 Å². The summed E-state index contributed by atoms with van der Waals surface area (Å²) >= 11 is 0. The molecule has 0 aliphatic carbocycles. The van der Waals surface area contributed by atoms with Crippen molar-refractivity contribution in [2.75, 3.05) is 0 Å². The van der Waals surface area contributed by atoms with Crippen molar-refractivity contribution in [3.05, 3.63) is 0 Å². The van der Waals surface area contributed by atoms with Gasteiger partial charge in [-0.05, 0) is 30.6 Å². The Kier molecular flexibility index (Phi) is 8.13. The van der Waals surface area contributed by atoms with Crippen molar-refractivity contribution >= 4 is 0 Å². The van der Waals surface area contributed by atoms with Crippen molar-refractivity contribution < 1.29 is 5.11 Å². The summed E-state index contributed by atoms with van der Waals surface area (Å²) in [5.41, 5.74) is 0. The van der Waals surface area contributed by atoms with Crippen LogP contribution < -0.4 is 0 Å². The zero-order chi connectivity index (χ0) is 11.8. The van der Waals surface area contributed by atoms with Crippen LogP contribution in [-0.4, -0.2) is 11.2 Å². The molecular formula is C14H30O. The Bertz CT molecular complexity index is 138. The highest BCUT2D eigenvalue weighted by Gasteiger charge is 2.21. The highest BCUT2D eigenvalue weighted by atomic mass is 16.3. The first-order valence-electron chi connectivity index (χ1n) is 6.73. The maximum atomic E-state index is 10.2. The first kappa shape index (κ1) is 15.0. The van der Waals surface area contributed by atoms with Crippen LogP contribution in [0.15, 0.2) is 0 Å². The third kappa shape index (κ3) is 6.19. The molecule has 0 radical (unpaired) electrons. The number of rotatable bonds is 8. The van der Waals surface area contributed by atoms with Crippen LogP contribution >= 0.6 is 0 Å². The Morgan fingerprint density at radius 1 is 0.867 bits per heavy atom. The van der Waals surface area contributed by atoms with Crippen LogP contribution in [0, 0.1) is 17.8 Å². The maximum Gasteiger partial charge on any atom is 0.0571 e. The second-order valence-corrected chi connectivity index (χ2v) is 5.28. The van der Waals surface area contributed by atoms with Gasteiger partial charge in [-0.2, -0.15) is 0 Å². The zero-order valence-electron chi connectivity index (χ0n) is 11.3. The molecule has 0 amide bonds. The van der Waals surface area contributed by atoms with Gasteiger partial charge in [0.05, 0.1) is 6.10 Å². The summed E-state index contributed by atoms with van der Waals surface area (Å²) in [6.07, 6.45) is 5.59. The van der Waals surface area contributed by atoms with Crippen molar-refractivity contribution in [1.82, 2.24) is 0 Å². The summed E-state index contributed by atoms with van der Waals surface area (Å²) in [6.45, 7) is 11.1. The van der Waals surface area contributed by atoms with Crippen molar-refractivity contribution in [2.24, 2.45) is 17.8 Å². The minimum absolute atomic E-state index is 0.0812. The molecular weight excluding hydrogens is 184 g/mol. The molecule has 0 aromatic rings. The number of aliphatic hydroxyl groups excluding tert-OH is 1. The van der Waals surface area contributed by atoms with E-state index >= 15 is 0 Å². The normalized spacial score (nSPS) is 16.0. The molecule has 0 saturated heterocycles. The van der Waals surface area contributed by atoms with Gasteiger partial charge in [-0.25, -0.2) is 0 Å². The predicted octanol–water partition coefficient (Wildman–Crippen LogP) is 4.25. The number of hydrogen-bond donors (Lipinski definition) is 1. The lowest BCUT2D eigenvalue weighted by Gasteiger charge is -2.26. The molecule has 15 heavy (non-hydrogen) atoms. The first-order chi connectivity index (χ1) is 7.04. The Balaban J connectivity index is 4.07. The van der Waals surface area contributed by atoms with Gasteiger partial charge in [0.25, 0.3) is 0 Å². The van der Waals surface area contributed by atoms with Crippen LogP contribution in [0.4, 0.5) is 0 Å². The highest BCUT2D eigenvalue weighted by molar-refractivity contribution is 4.72. The maximum absolute atomic E-state index is 10.2. The first-order valence-corrected chi connectivity index (χ1v) is 6.73. The van der Waals surface area contributed by atoms with Crippen LogP contribution in [0.5, 0.6) is 0 Å². The van der Waals surface area contributed by atoms with E-state index in [-0.39, 0.29) is 6.10 Å². The van der Waals surface area contributed by atoms with E-state index in [1.165, 1.54) is 12.8 Å². The minimum atomic E-state index is -0.0812. The summed E-state index contributed by atoms with van der Waals surface area (Å²) in [6, 6.07) is 0. The molecule has 2 unspecified atom stereocenters. The SMILES string of the molecule is CCC(CC)CC(O)C(CC)CC(C)C. The summed E-state index contributed by atoms with van der Waals surface area (Å²) in [4.78, 5) is 0. The van der Waals surface area contributed by atoms with Gasteiger partial charge < -0.3 is 5.11 Å². The molecule has 0 aliphatic heterocycles. The average molecular weight is 214 g/mol. The van der Waals surface area contributed by atoms with Gasteiger partial charge >= 0.3 is 0 Å². The standard InChI is InChI=1S/C14H30O/c1-6-12(7-2)10-14(15)13(8-3)9-11(4)5/h11-15H,6-10H2,1-5H3. The van der Waals surface area contributed by atoms with Gasteiger partial charge in [0.15, 0.2) is 0 Å². The van der Waals surface area contributed by atoms with Gasteiger partial charge in [-0.15, -0.1) is 0 Å². The Hall–Kier alpha value is -0.0400. The quantitative estimate of drug-likeness (QED) is 0.640. The smallest absolute Gasteiger partial charge is 0.0571 e. The van der Waals surface area contributed by atoms with E-state index < -0.39 is 0 Å². The summed E-state index contributed by atoms with van der Waals surface area (Å²) in [7, 11) is 0. The molecule has 0 fully saturated rings. The van der Waals surface area contributed by atoms with E-state index in [2.05, 4.69) is 34.6 Å². The molecule has 2 atom stereocenters. The molecule has 0 heterocycles. The second-order valence-electron chi connectivity index (χ2n) is 5.28. The van der Waals surface area contributed by atoms with Gasteiger partial charge in [0, 0.05) is 0 Å². The van der Waals surface area contributed by atoms with Crippen molar-refractivity contribution in [3.63, 3.8) is 0 Å². The molecule has 92 valence electrons. The Labute approximate surface area is 96.3 Å². The Morgan fingerprint density at radius 3 is 1.73 bits per heavy atom. The van der Waals surface area contributed by atoms with Gasteiger partial charge in [-0.1, -0.05) is 53.9 Å². The van der Waals surface area contributed by atoms with E-state index in [0.29, 0.717) is 17.8 Å². The minimum Gasteiger partial charge on any atom is -0.393 e. The summed E-state index contributed by atoms with van der Waals surface area (Å²) in [5, 5.41) is 10.2. The van der Waals surface area contributed by atoms with Crippen LogP contribution in [0.25, 0.3) is 0 Å². The number of aliphatic hydroxyl groups is 1. The van der Waals surface area contributed by atoms with Gasteiger partial charge in [0.2, 0.25) is 0 Å². The van der Waals surface area contributed by atoms with Crippen LogP contribution in [0.2, 0.25) is 0 Å². The fraction of sp³-hybridized carbons (Fsp3) is 1.00. The largest absolute Gasteiger partial charge is 0.393 e. The van der Waals surface area contributed by atoms with Gasteiger partial charge in [-0.3, -0.25) is 0 Å². The lowest BCUT2D eigenvalue weighted by atomic mass is 9.84. The van der Waals surface area contributed by atoms with E-state index in [0.717, 1.165) is 19.3 Å². The fourth-order valence-corrected chi connectivity index (χ4v) is 2.36. The molecule has 1 nitrogen and oxygen atoms in total. The zero-order valence-corrected chi connectivity index (χ0v) is 11.3. The predicted molar refractivity (Wildman–Crippen MR) is 67.9 cm³/mol. The molecule has 0 aromatic carbocycles. The lowest BCUT2D eigenvalue weighted by molar-refractivity contribution is 0.0672. The molecule has 0 aromatic heterocycles. The molecule has 0 bridgehead atoms. The fourth-order valence-electron chi connectivity index (χ4n) is 2.36. The summed E-state index contributed by atoms with van der Waals surface area (Å²) < 4.78 is 0. The molecule has 0 saturated carbocycles. The monoisotopic (exact) mass is 214 g/mol. The van der Waals surface area contributed by atoms with E-state index in [1.807, 2.05) is 0 Å². The third-order valence-electron chi connectivity index (χ3n) is 3.57. The molecule has 1 N–H and O–H groups in total. The molecule has 0 aliphatic rings. The van der Waals surface area contributed by atoms with E-state index in [9.17, 15) is 5.11 Å². The molecule has 0 spiro atoms. The van der Waals surface area contributed by atoms with Gasteiger partial charge in [0.1, 0.15) is 0 Å². The van der Waals surface area contributed by atoms with Crippen LogP contribution in [-0.2, 0) is 0 Å². The topological polar surface area (TPSA) is 20.2 Å². The van der Waals surface area contributed by atoms with Crippen LogP contribution in [0.3, 0.4) is 0 Å². The second kappa shape index (κ2) is 8.15. The van der Waals surface area contributed by atoms with Crippen molar-refractivity contribution in [1.29, 1.82) is 0 Å². The van der Waals surface area contributed by atoms with Crippen molar-refractivity contribution in [2.45, 2.75) is 72.8 Å². The average Bonchev–Trinajstić information content (AvgIpc) is 2.21. The van der Waals surface area contributed by atoms with Crippen molar-refractivity contribution in [3.8, 4) is 0 Å². The third-order valence-corrected chi connectivity index (χ3v) is 3.57. The number of hydrogen-bond acceptors (Lipinski definition) is 1. The van der Waals surface area contributed by atoms with E-state index in [1.54, 1.807) is 0 Å².